The summed E-state index contributed by atoms with van der Waals surface area (Å²) in [6.07, 6.45) is 0. The monoisotopic (exact) mass is 1000 g/mol. The summed E-state index contributed by atoms with van der Waals surface area (Å²) in [6.45, 7) is -6.75. The Bertz CT molecular complexity index is 1130. The SMILES string of the molecule is O=C(O)CN(CCN(CC(=O)O)CC(=O)O)CC(=O)O.O=C(O)CN(CCN(CC(=O)O)CC(=O)O)CC(=O)O.O=C(O)CN(CCN(CC(=O)O)CC(=O)O)CC(=O)O.[CaH2].[CaH2].[CaH2]. The first-order valence-corrected chi connectivity index (χ1v) is 16.6. The number of hydrogen-bond acceptors (Lipinski definition) is 18. The van der Waals surface area contributed by atoms with Gasteiger partial charge in [-0.05, 0) is 0 Å². The Morgan fingerprint density at radius 2 is 0.254 bits per heavy atom. The van der Waals surface area contributed by atoms with Crippen LogP contribution in [-0.2, 0) is 57.5 Å². The van der Waals surface area contributed by atoms with Crippen LogP contribution in [0.3, 0.4) is 0 Å². The second kappa shape index (κ2) is 41.9. The molecule has 0 aromatic rings. The van der Waals surface area contributed by atoms with E-state index in [1.54, 1.807) is 0 Å². The van der Waals surface area contributed by atoms with Crippen LogP contribution in [-0.4, -0.2) is 393 Å². The van der Waals surface area contributed by atoms with Gasteiger partial charge in [-0.25, -0.2) is 0 Å². The van der Waals surface area contributed by atoms with Crippen molar-refractivity contribution in [2.75, 3.05) is 118 Å². The Balaban J connectivity index is -0.000000189. The van der Waals surface area contributed by atoms with Crippen LogP contribution in [0.4, 0.5) is 0 Å². The molecule has 0 spiro atoms. The van der Waals surface area contributed by atoms with Crippen molar-refractivity contribution >= 4 is 185 Å². The molecule has 0 atom stereocenters. The molecule has 0 heterocycles. The van der Waals surface area contributed by atoms with E-state index in [0.29, 0.717) is 0 Å². The maximum absolute atomic E-state index is 10.6. The van der Waals surface area contributed by atoms with Gasteiger partial charge in [-0.1, -0.05) is 0 Å². The van der Waals surface area contributed by atoms with Crippen LogP contribution in [0.25, 0.3) is 0 Å². The molecule has 12 N–H and O–H groups in total. The number of rotatable bonds is 33. The summed E-state index contributed by atoms with van der Waals surface area (Å²) >= 11 is 0. The van der Waals surface area contributed by atoms with E-state index in [1.165, 1.54) is 0 Å². The van der Waals surface area contributed by atoms with Gasteiger partial charge in [0.2, 0.25) is 0 Å². The van der Waals surface area contributed by atoms with Crippen molar-refractivity contribution in [2.24, 2.45) is 0 Å². The van der Waals surface area contributed by atoms with Crippen LogP contribution < -0.4 is 0 Å². The fraction of sp³-hybridized carbons (Fsp3) is 0.600. The number of carboxylic acid groups (broad SMARTS) is 12. The Morgan fingerprint density at radius 1 is 0.190 bits per heavy atom. The first kappa shape index (κ1) is 71.8. The van der Waals surface area contributed by atoms with E-state index in [1.807, 2.05) is 0 Å². The molecule has 30 nitrogen and oxygen atoms in total. The molecule has 33 heteroatoms. The minimum atomic E-state index is -1.23. The van der Waals surface area contributed by atoms with Crippen LogP contribution in [0.2, 0.25) is 0 Å². The van der Waals surface area contributed by atoms with E-state index >= 15 is 0 Å². The van der Waals surface area contributed by atoms with E-state index < -0.39 is 150 Å². The van der Waals surface area contributed by atoms with Gasteiger partial charge in [0.05, 0.1) is 78.5 Å². The Hall–Kier alpha value is -2.82. The van der Waals surface area contributed by atoms with Gasteiger partial charge < -0.3 is 61.3 Å². The summed E-state index contributed by atoms with van der Waals surface area (Å²) < 4.78 is 0. The number of carbonyl (C=O) groups is 12. The van der Waals surface area contributed by atoms with Crippen LogP contribution in [0.15, 0.2) is 0 Å². The molecule has 0 amide bonds. The summed E-state index contributed by atoms with van der Waals surface area (Å²) in [5.74, 6) is -14.7. The molecule has 0 fully saturated rings. The average Bonchev–Trinajstić information content (AvgIpc) is 3.02. The summed E-state index contributed by atoms with van der Waals surface area (Å²) in [4.78, 5) is 133. The summed E-state index contributed by atoms with van der Waals surface area (Å²) in [5.41, 5.74) is 0. The molecule has 354 valence electrons. The van der Waals surface area contributed by atoms with Crippen molar-refractivity contribution in [1.29, 1.82) is 0 Å². The molecule has 63 heavy (non-hydrogen) atoms. The summed E-state index contributed by atoms with van der Waals surface area (Å²) in [6, 6.07) is 0. The zero-order valence-corrected chi connectivity index (χ0v) is 31.7. The quantitative estimate of drug-likeness (QED) is 0.0272. The van der Waals surface area contributed by atoms with Crippen molar-refractivity contribution < 1.29 is 119 Å². The second-order valence-corrected chi connectivity index (χ2v) is 12.0. The minimum absolute atomic E-state index is 0. The Morgan fingerprint density at radius 3 is 0.302 bits per heavy atom. The molecular formula is C30H54Ca3N6O24. The normalized spacial score (nSPS) is 10.2. The molecule has 0 unspecified atom stereocenters. The van der Waals surface area contributed by atoms with Crippen LogP contribution in [0, 0.1) is 0 Å². The number of carboxylic acids is 12. The fourth-order valence-electron chi connectivity index (χ4n) is 4.43. The van der Waals surface area contributed by atoms with Crippen molar-refractivity contribution in [3.63, 3.8) is 0 Å². The molecule has 0 aromatic carbocycles. The van der Waals surface area contributed by atoms with Crippen molar-refractivity contribution in [3.8, 4) is 0 Å². The van der Waals surface area contributed by atoms with Crippen LogP contribution in [0.5, 0.6) is 0 Å². The van der Waals surface area contributed by atoms with Gasteiger partial charge in [-0.2, -0.15) is 0 Å². The van der Waals surface area contributed by atoms with E-state index in [0.717, 1.165) is 29.4 Å². The van der Waals surface area contributed by atoms with Gasteiger partial charge in [0, 0.05) is 39.3 Å². The van der Waals surface area contributed by atoms with Crippen LogP contribution in [0.1, 0.15) is 0 Å². The van der Waals surface area contributed by atoms with E-state index in [-0.39, 0.29) is 152 Å². The maximum atomic E-state index is 10.6. The van der Waals surface area contributed by atoms with E-state index in [4.69, 9.17) is 61.3 Å². The predicted octanol–water partition coefficient (Wildman–Crippen LogP) is -8.96. The molecule has 0 aliphatic heterocycles. The van der Waals surface area contributed by atoms with Gasteiger partial charge in [0.25, 0.3) is 0 Å². The third-order valence-corrected chi connectivity index (χ3v) is 6.50. The molecule has 0 aliphatic rings. The summed E-state index contributed by atoms with van der Waals surface area (Å²) in [5, 5.41) is 103. The van der Waals surface area contributed by atoms with Gasteiger partial charge in [0.1, 0.15) is 0 Å². The van der Waals surface area contributed by atoms with Gasteiger partial charge in [0.15, 0.2) is 0 Å². The molecule has 0 saturated heterocycles. The molecule has 0 aromatic heterocycles. The third-order valence-electron chi connectivity index (χ3n) is 6.50. The fourth-order valence-corrected chi connectivity index (χ4v) is 4.43. The van der Waals surface area contributed by atoms with Crippen molar-refractivity contribution in [2.45, 2.75) is 0 Å². The Labute approximate surface area is 446 Å². The average molecular weight is 1000 g/mol. The third kappa shape index (κ3) is 53.4. The zero-order valence-electron chi connectivity index (χ0n) is 31.7. The van der Waals surface area contributed by atoms with Gasteiger partial charge in [-0.3, -0.25) is 86.9 Å². The Kier molecular flexibility index (Phi) is 47.7. The van der Waals surface area contributed by atoms with Crippen LogP contribution >= 0.6 is 0 Å². The molecule has 0 rings (SSSR count). The van der Waals surface area contributed by atoms with E-state index in [9.17, 15) is 57.5 Å². The first-order valence-electron chi connectivity index (χ1n) is 16.6. The topological polar surface area (TPSA) is 467 Å². The van der Waals surface area contributed by atoms with Gasteiger partial charge >= 0.3 is 185 Å². The number of hydrogen-bond donors (Lipinski definition) is 12. The number of nitrogens with zero attached hydrogens (tertiary/aromatic N) is 6. The van der Waals surface area contributed by atoms with Gasteiger partial charge in [-0.15, -0.1) is 0 Å². The zero-order chi connectivity index (χ0) is 47.1. The molecule has 0 aliphatic carbocycles. The predicted molar refractivity (Wildman–Crippen MR) is 216 cm³/mol. The summed E-state index contributed by atoms with van der Waals surface area (Å²) in [7, 11) is 0. The van der Waals surface area contributed by atoms with E-state index in [2.05, 4.69) is 0 Å². The first-order chi connectivity index (χ1) is 27.6. The second-order valence-electron chi connectivity index (χ2n) is 12.0. The molecule has 0 bridgehead atoms. The van der Waals surface area contributed by atoms with Crippen molar-refractivity contribution in [3.05, 3.63) is 0 Å². The molecular weight excluding hydrogens is 949 g/mol. The standard InChI is InChI=1S/3C10H16N2O8.3Ca.6H/c3*13-7(14)3-11(4-8(15)16)1-2-12(5-9(17)18)6-10(19)20;;;;;;;;;/h3*1-6H2,(H,13,14)(H,15,16)(H,17,18)(H,19,20);;;;;;;;;. The molecule has 0 saturated carbocycles. The number of aliphatic carboxylic acids is 12. The molecule has 0 radical (unpaired) electrons. The van der Waals surface area contributed by atoms with Crippen molar-refractivity contribution in [1.82, 2.24) is 29.4 Å².